The smallest absolute Gasteiger partial charge is 0.194 e. The van der Waals surface area contributed by atoms with Gasteiger partial charge in [-0.05, 0) is 37.5 Å². The van der Waals surface area contributed by atoms with Crippen molar-refractivity contribution in [3.8, 4) is 0 Å². The minimum atomic E-state index is 0. The fourth-order valence-corrected chi connectivity index (χ4v) is 4.27. The number of nitrogens with zero attached hydrogens (tertiary/aromatic N) is 4. The summed E-state index contributed by atoms with van der Waals surface area (Å²) in [6.45, 7) is 11.5. The Labute approximate surface area is 169 Å². The maximum absolute atomic E-state index is 4.91. The van der Waals surface area contributed by atoms with Gasteiger partial charge in [0.15, 0.2) is 5.96 Å². The van der Waals surface area contributed by atoms with Crippen LogP contribution in [-0.2, 0) is 13.1 Å². The van der Waals surface area contributed by atoms with Crippen LogP contribution in [0, 0.1) is 11.3 Å². The average Bonchev–Trinajstić information content (AvgIpc) is 3.27. The van der Waals surface area contributed by atoms with E-state index in [1.54, 1.807) is 0 Å². The Bertz CT molecular complexity index is 560. The summed E-state index contributed by atoms with van der Waals surface area (Å²) >= 11 is 0. The summed E-state index contributed by atoms with van der Waals surface area (Å²) in [6.07, 6.45) is 10.9. The zero-order valence-electron chi connectivity index (χ0n) is 16.0. The Kier molecular flexibility index (Phi) is 7.58. The highest BCUT2D eigenvalue weighted by Gasteiger charge is 2.41. The molecule has 1 saturated heterocycles. The number of nitrogens with one attached hydrogen (secondary N) is 1. The molecule has 1 aromatic heterocycles. The van der Waals surface area contributed by atoms with Crippen LogP contribution in [0.1, 0.15) is 58.7 Å². The van der Waals surface area contributed by atoms with Crippen LogP contribution in [0.5, 0.6) is 0 Å². The monoisotopic (exact) mass is 459 g/mol. The molecule has 142 valence electrons. The van der Waals surface area contributed by atoms with Gasteiger partial charge < -0.3 is 14.8 Å². The summed E-state index contributed by atoms with van der Waals surface area (Å²) in [6, 6.07) is 0. The predicted molar refractivity (Wildman–Crippen MR) is 114 cm³/mol. The Morgan fingerprint density at radius 2 is 2.08 bits per heavy atom. The highest BCUT2D eigenvalue weighted by atomic mass is 127. The van der Waals surface area contributed by atoms with Gasteiger partial charge in [0.1, 0.15) is 12.4 Å². The lowest BCUT2D eigenvalue weighted by Gasteiger charge is -2.26. The van der Waals surface area contributed by atoms with Crippen molar-refractivity contribution < 1.29 is 0 Å². The summed E-state index contributed by atoms with van der Waals surface area (Å²) in [5, 5.41) is 3.49. The Morgan fingerprint density at radius 3 is 2.76 bits per heavy atom. The van der Waals surface area contributed by atoms with Crippen molar-refractivity contribution in [3.63, 3.8) is 0 Å². The van der Waals surface area contributed by atoms with Gasteiger partial charge in [-0.1, -0.05) is 26.7 Å². The maximum Gasteiger partial charge on any atom is 0.194 e. The van der Waals surface area contributed by atoms with Gasteiger partial charge in [-0.2, -0.15) is 0 Å². The zero-order chi connectivity index (χ0) is 17.0. The molecule has 1 aliphatic carbocycles. The van der Waals surface area contributed by atoms with Crippen LogP contribution in [0.15, 0.2) is 17.4 Å². The number of halogens is 1. The van der Waals surface area contributed by atoms with E-state index in [9.17, 15) is 0 Å². The van der Waals surface area contributed by atoms with Crippen LogP contribution in [0.25, 0.3) is 0 Å². The molecule has 2 fully saturated rings. The van der Waals surface area contributed by atoms with Crippen molar-refractivity contribution in [2.45, 2.75) is 66.0 Å². The summed E-state index contributed by atoms with van der Waals surface area (Å²) in [5.41, 5.74) is 0.576. The molecule has 5 nitrogen and oxygen atoms in total. The molecular formula is C19H34IN5. The highest BCUT2D eigenvalue weighted by molar-refractivity contribution is 14.0. The van der Waals surface area contributed by atoms with E-state index < -0.39 is 0 Å². The minimum Gasteiger partial charge on any atom is -0.357 e. The number of aromatic nitrogens is 2. The summed E-state index contributed by atoms with van der Waals surface area (Å²) in [4.78, 5) is 11.9. The zero-order valence-corrected chi connectivity index (χ0v) is 18.3. The highest BCUT2D eigenvalue weighted by Crippen LogP contribution is 2.45. The fourth-order valence-electron chi connectivity index (χ4n) is 4.27. The largest absolute Gasteiger partial charge is 0.357 e. The quantitative estimate of drug-likeness (QED) is 0.413. The normalized spacial score (nSPS) is 19.7. The SMILES string of the molecule is CCNC(=NCc1nccn1CC(C)C)N1CCC2(CCCC2)C1.I. The third kappa shape index (κ3) is 5.11. The van der Waals surface area contributed by atoms with Crippen molar-refractivity contribution in [2.24, 2.45) is 16.3 Å². The summed E-state index contributed by atoms with van der Waals surface area (Å²) < 4.78 is 2.24. The Balaban J connectivity index is 0.00000225. The molecule has 2 aliphatic rings. The molecule has 1 spiro atoms. The Hall–Kier alpha value is -0.790. The standard InChI is InChI=1S/C19H33N5.HI/c1-4-20-18(24-11-9-19(15-24)7-5-6-8-19)22-13-17-21-10-12-23(17)14-16(2)3;/h10,12,16H,4-9,11,13-15H2,1-3H3,(H,20,22);1H. The molecule has 1 aliphatic heterocycles. The van der Waals surface area contributed by atoms with E-state index in [1.165, 1.54) is 38.6 Å². The molecular weight excluding hydrogens is 425 g/mol. The van der Waals surface area contributed by atoms with Crippen molar-refractivity contribution in [3.05, 3.63) is 18.2 Å². The van der Waals surface area contributed by atoms with Gasteiger partial charge in [0.25, 0.3) is 0 Å². The molecule has 3 rings (SSSR count). The number of aliphatic imine (C=N–C) groups is 1. The van der Waals surface area contributed by atoms with Crippen LogP contribution in [0.3, 0.4) is 0 Å². The topological polar surface area (TPSA) is 45.5 Å². The van der Waals surface area contributed by atoms with Gasteiger partial charge >= 0.3 is 0 Å². The molecule has 25 heavy (non-hydrogen) atoms. The van der Waals surface area contributed by atoms with E-state index in [-0.39, 0.29) is 24.0 Å². The van der Waals surface area contributed by atoms with E-state index in [1.807, 2.05) is 6.20 Å². The number of hydrogen-bond acceptors (Lipinski definition) is 2. The Morgan fingerprint density at radius 1 is 1.32 bits per heavy atom. The van der Waals surface area contributed by atoms with Gasteiger partial charge in [-0.25, -0.2) is 9.98 Å². The second-order valence-corrected chi connectivity index (χ2v) is 7.94. The predicted octanol–water partition coefficient (Wildman–Crippen LogP) is 3.89. The lowest BCUT2D eigenvalue weighted by atomic mass is 9.86. The van der Waals surface area contributed by atoms with Crippen LogP contribution < -0.4 is 5.32 Å². The van der Waals surface area contributed by atoms with Crippen LogP contribution in [0.4, 0.5) is 0 Å². The number of hydrogen-bond donors (Lipinski definition) is 1. The first-order valence-electron chi connectivity index (χ1n) is 9.65. The van der Waals surface area contributed by atoms with Crippen LogP contribution in [0.2, 0.25) is 0 Å². The molecule has 0 radical (unpaired) electrons. The molecule has 2 heterocycles. The number of rotatable bonds is 5. The molecule has 0 bridgehead atoms. The second-order valence-electron chi connectivity index (χ2n) is 7.94. The first-order chi connectivity index (χ1) is 11.6. The van der Waals surface area contributed by atoms with E-state index >= 15 is 0 Å². The minimum absolute atomic E-state index is 0. The van der Waals surface area contributed by atoms with Gasteiger partial charge in [0.2, 0.25) is 0 Å². The third-order valence-electron chi connectivity index (χ3n) is 5.47. The summed E-state index contributed by atoms with van der Waals surface area (Å²) in [7, 11) is 0. The van der Waals surface area contributed by atoms with Crippen molar-refractivity contribution >= 4 is 29.9 Å². The molecule has 0 amide bonds. The van der Waals surface area contributed by atoms with Crippen molar-refractivity contribution in [2.75, 3.05) is 19.6 Å². The van der Waals surface area contributed by atoms with Crippen molar-refractivity contribution in [1.29, 1.82) is 0 Å². The van der Waals surface area contributed by atoms with Gasteiger partial charge in [0.05, 0.1) is 0 Å². The summed E-state index contributed by atoms with van der Waals surface area (Å²) in [5.74, 6) is 2.75. The van der Waals surface area contributed by atoms with E-state index in [0.717, 1.165) is 31.4 Å². The first-order valence-corrected chi connectivity index (χ1v) is 9.65. The van der Waals surface area contributed by atoms with Crippen molar-refractivity contribution in [1.82, 2.24) is 19.8 Å². The van der Waals surface area contributed by atoms with Crippen LogP contribution in [-0.4, -0.2) is 40.0 Å². The number of imidazole rings is 1. The molecule has 0 aromatic carbocycles. The fraction of sp³-hybridized carbons (Fsp3) is 0.789. The first kappa shape index (κ1) is 20.5. The third-order valence-corrected chi connectivity index (χ3v) is 5.47. The van der Waals surface area contributed by atoms with E-state index in [2.05, 4.69) is 46.7 Å². The number of guanidine groups is 1. The molecule has 1 saturated carbocycles. The molecule has 0 atom stereocenters. The lowest BCUT2D eigenvalue weighted by molar-refractivity contribution is 0.309. The van der Waals surface area contributed by atoms with E-state index in [4.69, 9.17) is 4.99 Å². The molecule has 1 aromatic rings. The van der Waals surface area contributed by atoms with Gasteiger partial charge in [-0.15, -0.1) is 24.0 Å². The molecule has 1 N–H and O–H groups in total. The maximum atomic E-state index is 4.91. The van der Waals surface area contributed by atoms with Gasteiger partial charge in [-0.3, -0.25) is 0 Å². The molecule has 0 unspecified atom stereocenters. The van der Waals surface area contributed by atoms with Crippen LogP contribution >= 0.6 is 24.0 Å². The van der Waals surface area contributed by atoms with Gasteiger partial charge in [0, 0.05) is 38.6 Å². The lowest BCUT2D eigenvalue weighted by Crippen LogP contribution is -2.41. The number of likely N-dealkylation sites (tertiary alicyclic amines) is 1. The van der Waals surface area contributed by atoms with E-state index in [0.29, 0.717) is 17.9 Å². The second kappa shape index (κ2) is 9.24. The molecule has 6 heteroatoms. The average molecular weight is 459 g/mol.